The number of nitrogens with zero attached hydrogens (tertiary/aromatic N) is 1. The topological polar surface area (TPSA) is 32.3 Å². The maximum absolute atomic E-state index is 12.7. The molecule has 1 aliphatic carbocycles. The SMILES string of the molecule is O=CN[C@H]1CCCN(C2CC(F)(F)C2)C1. The second-order valence-electron chi connectivity index (χ2n) is 4.54. The van der Waals surface area contributed by atoms with Gasteiger partial charge in [-0.2, -0.15) is 0 Å². The van der Waals surface area contributed by atoms with Gasteiger partial charge < -0.3 is 5.32 Å². The van der Waals surface area contributed by atoms with Gasteiger partial charge in [-0.05, 0) is 19.4 Å². The Kier molecular flexibility index (Phi) is 2.91. The Hall–Kier alpha value is -0.710. The van der Waals surface area contributed by atoms with Crippen LogP contribution in [0.1, 0.15) is 25.7 Å². The fraction of sp³-hybridized carbons (Fsp3) is 0.900. The van der Waals surface area contributed by atoms with Crippen LogP contribution in [0.25, 0.3) is 0 Å². The summed E-state index contributed by atoms with van der Waals surface area (Å²) in [6.07, 6.45) is 2.61. The smallest absolute Gasteiger partial charge is 0.251 e. The highest BCUT2D eigenvalue weighted by Gasteiger charge is 2.48. The largest absolute Gasteiger partial charge is 0.355 e. The summed E-state index contributed by atoms with van der Waals surface area (Å²) in [4.78, 5) is 12.4. The summed E-state index contributed by atoms with van der Waals surface area (Å²) < 4.78 is 25.4. The van der Waals surface area contributed by atoms with Gasteiger partial charge in [-0.1, -0.05) is 0 Å². The van der Waals surface area contributed by atoms with Crippen molar-refractivity contribution in [2.75, 3.05) is 13.1 Å². The third-order valence-electron chi connectivity index (χ3n) is 3.34. The molecule has 1 N–H and O–H groups in total. The van der Waals surface area contributed by atoms with E-state index < -0.39 is 5.92 Å². The van der Waals surface area contributed by atoms with E-state index in [1.807, 2.05) is 0 Å². The summed E-state index contributed by atoms with van der Waals surface area (Å²) in [5, 5.41) is 2.73. The van der Waals surface area contributed by atoms with Crippen LogP contribution in [0.3, 0.4) is 0 Å². The lowest BCUT2D eigenvalue weighted by atomic mass is 9.85. The van der Waals surface area contributed by atoms with E-state index in [1.165, 1.54) is 0 Å². The van der Waals surface area contributed by atoms with Crippen molar-refractivity contribution < 1.29 is 13.6 Å². The Bertz CT molecular complexity index is 240. The lowest BCUT2D eigenvalue weighted by molar-refractivity contribution is -0.129. The number of hydrogen-bond acceptors (Lipinski definition) is 2. The fourth-order valence-electron chi connectivity index (χ4n) is 2.46. The molecule has 1 heterocycles. The molecule has 0 unspecified atom stereocenters. The number of carbonyl (C=O) groups excluding carboxylic acids is 1. The molecule has 2 fully saturated rings. The van der Waals surface area contributed by atoms with Crippen LogP contribution in [-0.2, 0) is 4.79 Å². The Balaban J connectivity index is 1.81. The molecule has 0 radical (unpaired) electrons. The third-order valence-corrected chi connectivity index (χ3v) is 3.34. The van der Waals surface area contributed by atoms with Crippen LogP contribution in [0.2, 0.25) is 0 Å². The van der Waals surface area contributed by atoms with E-state index in [0.29, 0.717) is 6.41 Å². The van der Waals surface area contributed by atoms with Gasteiger partial charge >= 0.3 is 0 Å². The average molecular weight is 218 g/mol. The molecular weight excluding hydrogens is 202 g/mol. The summed E-state index contributed by atoms with van der Waals surface area (Å²) in [6.45, 7) is 1.61. The van der Waals surface area contributed by atoms with Crippen LogP contribution in [0.5, 0.6) is 0 Å². The normalized spacial score (nSPS) is 32.0. The molecule has 1 saturated heterocycles. The molecule has 5 heteroatoms. The molecule has 1 amide bonds. The lowest BCUT2D eigenvalue weighted by Gasteiger charge is -2.45. The van der Waals surface area contributed by atoms with Gasteiger partial charge in [-0.3, -0.25) is 9.69 Å². The molecule has 0 spiro atoms. The molecule has 1 saturated carbocycles. The van der Waals surface area contributed by atoms with E-state index in [4.69, 9.17) is 0 Å². The van der Waals surface area contributed by atoms with Gasteiger partial charge in [0.15, 0.2) is 0 Å². The number of rotatable bonds is 3. The molecule has 2 rings (SSSR count). The minimum atomic E-state index is -2.45. The minimum absolute atomic E-state index is 0.0131. The highest BCUT2D eigenvalue weighted by Crippen LogP contribution is 2.41. The van der Waals surface area contributed by atoms with Crippen LogP contribution < -0.4 is 5.32 Å². The summed E-state index contributed by atoms with van der Waals surface area (Å²) in [5.41, 5.74) is 0. The molecule has 15 heavy (non-hydrogen) atoms. The third kappa shape index (κ3) is 2.45. The van der Waals surface area contributed by atoms with E-state index in [1.54, 1.807) is 0 Å². The van der Waals surface area contributed by atoms with Gasteiger partial charge in [0.1, 0.15) is 0 Å². The van der Waals surface area contributed by atoms with Crippen molar-refractivity contribution in [3.05, 3.63) is 0 Å². The van der Waals surface area contributed by atoms with E-state index in [0.717, 1.165) is 25.9 Å². The predicted molar refractivity (Wildman–Crippen MR) is 51.8 cm³/mol. The molecule has 0 aromatic rings. The first-order valence-corrected chi connectivity index (χ1v) is 5.42. The number of nitrogens with one attached hydrogen (secondary N) is 1. The van der Waals surface area contributed by atoms with Gasteiger partial charge in [-0.15, -0.1) is 0 Å². The van der Waals surface area contributed by atoms with E-state index in [2.05, 4.69) is 10.2 Å². The van der Waals surface area contributed by atoms with Crippen molar-refractivity contribution >= 4 is 6.41 Å². The maximum Gasteiger partial charge on any atom is 0.251 e. The first kappa shape index (κ1) is 10.8. The molecule has 0 aromatic carbocycles. The van der Waals surface area contributed by atoms with Crippen LogP contribution in [0, 0.1) is 0 Å². The van der Waals surface area contributed by atoms with E-state index in [9.17, 15) is 13.6 Å². The van der Waals surface area contributed by atoms with E-state index >= 15 is 0 Å². The van der Waals surface area contributed by atoms with Crippen molar-refractivity contribution in [1.29, 1.82) is 0 Å². The average Bonchev–Trinajstić information content (AvgIpc) is 2.15. The van der Waals surface area contributed by atoms with Gasteiger partial charge in [-0.25, -0.2) is 8.78 Å². The standard InChI is InChI=1S/C10H16F2N2O/c11-10(12)4-9(5-10)14-3-1-2-8(6-14)13-7-15/h7-9H,1-6H2,(H,13,15)/t8-/m0/s1. The van der Waals surface area contributed by atoms with Crippen LogP contribution in [0.15, 0.2) is 0 Å². The van der Waals surface area contributed by atoms with Gasteiger partial charge in [0.05, 0.1) is 0 Å². The number of likely N-dealkylation sites (tertiary alicyclic amines) is 1. The number of halogens is 2. The van der Waals surface area contributed by atoms with Crippen molar-refractivity contribution in [1.82, 2.24) is 10.2 Å². The Morgan fingerprint density at radius 1 is 1.40 bits per heavy atom. The number of carbonyl (C=O) groups is 1. The zero-order valence-corrected chi connectivity index (χ0v) is 8.59. The lowest BCUT2D eigenvalue weighted by Crippen LogP contribution is -2.56. The zero-order chi connectivity index (χ0) is 10.9. The van der Waals surface area contributed by atoms with Crippen LogP contribution in [-0.4, -0.2) is 42.4 Å². The van der Waals surface area contributed by atoms with Crippen molar-refractivity contribution in [3.8, 4) is 0 Å². The fourth-order valence-corrected chi connectivity index (χ4v) is 2.46. The first-order chi connectivity index (χ1) is 7.11. The second-order valence-corrected chi connectivity index (χ2v) is 4.54. The van der Waals surface area contributed by atoms with Crippen LogP contribution in [0.4, 0.5) is 8.78 Å². The Morgan fingerprint density at radius 2 is 2.13 bits per heavy atom. The second kappa shape index (κ2) is 4.04. The van der Waals surface area contributed by atoms with Gasteiger partial charge in [0, 0.05) is 31.5 Å². The highest BCUT2D eigenvalue weighted by molar-refractivity contribution is 5.46. The van der Waals surface area contributed by atoms with E-state index in [-0.39, 0.29) is 24.9 Å². The Morgan fingerprint density at radius 3 is 2.73 bits per heavy atom. The summed E-state index contributed by atoms with van der Waals surface area (Å²) in [6, 6.07) is 0.168. The molecule has 2 aliphatic rings. The number of piperidine rings is 1. The molecule has 3 nitrogen and oxygen atoms in total. The molecule has 86 valence electrons. The van der Waals surface area contributed by atoms with Gasteiger partial charge in [0.25, 0.3) is 5.92 Å². The van der Waals surface area contributed by atoms with Gasteiger partial charge in [0.2, 0.25) is 6.41 Å². The number of amides is 1. The Labute approximate surface area is 87.8 Å². The molecular formula is C10H16F2N2O. The highest BCUT2D eigenvalue weighted by atomic mass is 19.3. The first-order valence-electron chi connectivity index (χ1n) is 5.42. The van der Waals surface area contributed by atoms with Crippen molar-refractivity contribution in [3.63, 3.8) is 0 Å². The van der Waals surface area contributed by atoms with Crippen LogP contribution >= 0.6 is 0 Å². The summed E-state index contributed by atoms with van der Waals surface area (Å²) >= 11 is 0. The maximum atomic E-state index is 12.7. The predicted octanol–water partition coefficient (Wildman–Crippen LogP) is 0.994. The molecule has 1 aliphatic heterocycles. The molecule has 1 atom stereocenters. The zero-order valence-electron chi connectivity index (χ0n) is 8.59. The van der Waals surface area contributed by atoms with Crippen molar-refractivity contribution in [2.24, 2.45) is 0 Å². The number of hydrogen-bond donors (Lipinski definition) is 1. The monoisotopic (exact) mass is 218 g/mol. The summed E-state index contributed by atoms with van der Waals surface area (Å²) in [7, 11) is 0. The molecule has 0 aromatic heterocycles. The molecule has 0 bridgehead atoms. The minimum Gasteiger partial charge on any atom is -0.355 e. The number of alkyl halides is 2. The van der Waals surface area contributed by atoms with Crippen molar-refractivity contribution in [2.45, 2.75) is 43.7 Å². The quantitative estimate of drug-likeness (QED) is 0.717. The summed E-state index contributed by atoms with van der Waals surface area (Å²) in [5.74, 6) is -2.45.